The molecule has 0 spiro atoms. The molecule has 0 saturated carbocycles. The predicted molar refractivity (Wildman–Crippen MR) is 101 cm³/mol. The highest BCUT2D eigenvalue weighted by molar-refractivity contribution is 6.66. The van der Waals surface area contributed by atoms with Crippen LogP contribution in [-0.2, 0) is 18.1 Å². The van der Waals surface area contributed by atoms with Crippen molar-refractivity contribution in [2.75, 3.05) is 19.8 Å². The van der Waals surface area contributed by atoms with Crippen molar-refractivity contribution in [1.29, 1.82) is 0 Å². The number of hydrogen-bond donors (Lipinski definition) is 1. The van der Waals surface area contributed by atoms with Crippen molar-refractivity contribution in [2.24, 2.45) is 0 Å². The Morgan fingerprint density at radius 3 is 1.67 bits per heavy atom. The van der Waals surface area contributed by atoms with Gasteiger partial charge >= 0.3 is 14.8 Å². The van der Waals surface area contributed by atoms with E-state index in [-0.39, 0.29) is 0 Å². The van der Waals surface area contributed by atoms with Crippen LogP contribution in [-0.4, -0.2) is 39.7 Å². The molecule has 0 aromatic heterocycles. The third-order valence-electron chi connectivity index (χ3n) is 3.61. The molecule has 0 saturated heterocycles. The van der Waals surface area contributed by atoms with Gasteiger partial charge in [0.15, 0.2) is 0 Å². The summed E-state index contributed by atoms with van der Waals surface area (Å²) in [6.45, 7) is 15.0. The molecule has 0 aliphatic heterocycles. The molecule has 6 heteroatoms. The largest absolute Gasteiger partial charge is 0.515 e. The van der Waals surface area contributed by atoms with Gasteiger partial charge in [-0.3, -0.25) is 4.79 Å². The van der Waals surface area contributed by atoms with Gasteiger partial charge in [-0.1, -0.05) is 45.4 Å². The quantitative estimate of drug-likeness (QED) is 0.251. The van der Waals surface area contributed by atoms with Crippen LogP contribution < -0.4 is 0 Å². The van der Waals surface area contributed by atoms with Gasteiger partial charge in [0.1, 0.15) is 5.54 Å². The Morgan fingerprint density at radius 2 is 1.29 bits per heavy atom. The van der Waals surface area contributed by atoms with E-state index >= 15 is 0 Å². The minimum Gasteiger partial charge on any atom is -0.481 e. The second kappa shape index (κ2) is 17.1. The number of rotatable bonds is 15. The molecule has 0 amide bonds. The minimum atomic E-state index is -3.16. The summed E-state index contributed by atoms with van der Waals surface area (Å²) in [5.41, 5.74) is -0.668. The minimum absolute atomic E-state index is 0.409. The zero-order chi connectivity index (χ0) is 18.8. The highest BCUT2D eigenvalue weighted by Gasteiger charge is 2.52. The van der Waals surface area contributed by atoms with Gasteiger partial charge in [0.25, 0.3) is 0 Å². The Balaban J connectivity index is 0. The van der Waals surface area contributed by atoms with E-state index in [1.54, 1.807) is 0 Å². The van der Waals surface area contributed by atoms with Gasteiger partial charge < -0.3 is 18.4 Å². The van der Waals surface area contributed by atoms with Crippen LogP contribution in [0.4, 0.5) is 0 Å². The average Bonchev–Trinajstić information content (AvgIpc) is 2.56. The van der Waals surface area contributed by atoms with Crippen LogP contribution in [0.3, 0.4) is 0 Å². The van der Waals surface area contributed by atoms with E-state index in [4.69, 9.17) is 13.3 Å². The van der Waals surface area contributed by atoms with Crippen molar-refractivity contribution < 1.29 is 23.2 Å². The molecule has 0 aliphatic carbocycles. The number of hydrogen-bond acceptors (Lipinski definition) is 4. The average molecular weight is 363 g/mol. The number of unbranched alkanes of at least 4 members (excludes halogenated alkanes) is 5. The van der Waals surface area contributed by atoms with Crippen molar-refractivity contribution in [1.82, 2.24) is 0 Å². The molecule has 0 heterocycles. The van der Waals surface area contributed by atoms with Crippen molar-refractivity contribution in [3.63, 3.8) is 0 Å². The molecule has 0 radical (unpaired) electrons. The Morgan fingerprint density at radius 1 is 0.875 bits per heavy atom. The van der Waals surface area contributed by atoms with Gasteiger partial charge in [0, 0.05) is 19.8 Å². The van der Waals surface area contributed by atoms with Crippen molar-refractivity contribution in [3.8, 4) is 0 Å². The zero-order valence-corrected chi connectivity index (χ0v) is 17.1. The molecule has 0 aliphatic rings. The summed E-state index contributed by atoms with van der Waals surface area (Å²) in [4.78, 5) is 11.7. The molecule has 0 fully saturated rings. The molecule has 0 aromatic rings. The number of carboxylic acid groups (broad SMARTS) is 1. The van der Waals surface area contributed by atoms with Crippen LogP contribution in [0.15, 0.2) is 13.2 Å². The molecule has 1 unspecified atom stereocenters. The van der Waals surface area contributed by atoms with Crippen molar-refractivity contribution >= 4 is 14.8 Å². The van der Waals surface area contributed by atoms with Gasteiger partial charge in [0.2, 0.25) is 0 Å². The van der Waals surface area contributed by atoms with Crippen LogP contribution in [0.5, 0.6) is 0 Å². The second-order valence-corrected chi connectivity index (χ2v) is 8.12. The molecule has 1 N–H and O–H groups in total. The smallest absolute Gasteiger partial charge is 0.481 e. The first-order chi connectivity index (χ1) is 11.6. The summed E-state index contributed by atoms with van der Waals surface area (Å²) in [5.74, 6) is -0.865. The lowest BCUT2D eigenvalue weighted by Gasteiger charge is -2.33. The van der Waals surface area contributed by atoms with E-state index in [9.17, 15) is 9.90 Å². The molecule has 0 bridgehead atoms. The normalized spacial score (nSPS) is 12.3. The van der Waals surface area contributed by atoms with E-state index in [1.165, 1.54) is 19.3 Å². The fraction of sp³-hybridized carbons (Fsp3) is 0.833. The van der Waals surface area contributed by atoms with Gasteiger partial charge in [0.05, 0.1) is 0 Å². The predicted octanol–water partition coefficient (Wildman–Crippen LogP) is 5.04. The first-order valence-corrected chi connectivity index (χ1v) is 11.0. The van der Waals surface area contributed by atoms with Crippen molar-refractivity contribution in [3.05, 3.63) is 13.2 Å². The third-order valence-corrected chi connectivity index (χ3v) is 7.07. The van der Waals surface area contributed by atoms with Crippen LogP contribution in [0.1, 0.15) is 72.6 Å². The van der Waals surface area contributed by atoms with Gasteiger partial charge in [-0.25, -0.2) is 0 Å². The second-order valence-electron chi connectivity index (χ2n) is 5.35. The number of carboxylic acids is 1. The topological polar surface area (TPSA) is 65.0 Å². The Labute approximate surface area is 149 Å². The summed E-state index contributed by atoms with van der Waals surface area (Å²) in [6.07, 6.45) is 7.34. The lowest BCUT2D eigenvalue weighted by atomic mass is 10.1. The maximum atomic E-state index is 11.7. The van der Waals surface area contributed by atoms with Gasteiger partial charge in [-0.15, -0.1) is 13.2 Å². The molecular formula is C18H38O5Si. The van der Waals surface area contributed by atoms with Crippen LogP contribution in [0.2, 0.25) is 5.54 Å². The fourth-order valence-corrected chi connectivity index (χ4v) is 5.53. The summed E-state index contributed by atoms with van der Waals surface area (Å²) in [5, 5.41) is 9.62. The first kappa shape index (κ1) is 25.5. The molecule has 24 heavy (non-hydrogen) atoms. The molecule has 1 atom stereocenters. The number of aliphatic carboxylic acids is 1. The summed E-state index contributed by atoms with van der Waals surface area (Å²) >= 11 is 0. The van der Waals surface area contributed by atoms with Crippen LogP contribution in [0, 0.1) is 0 Å². The van der Waals surface area contributed by atoms with Crippen LogP contribution in [0.25, 0.3) is 0 Å². The lowest BCUT2D eigenvalue weighted by Crippen LogP contribution is -2.52. The van der Waals surface area contributed by atoms with Crippen LogP contribution >= 0.6 is 0 Å². The van der Waals surface area contributed by atoms with E-state index in [0.29, 0.717) is 26.2 Å². The first-order valence-electron chi connectivity index (χ1n) is 9.22. The zero-order valence-electron chi connectivity index (χ0n) is 16.1. The summed E-state index contributed by atoms with van der Waals surface area (Å²) in [7, 11) is -3.16. The molecule has 144 valence electrons. The molecule has 0 aromatic carbocycles. The SMILES string of the molecule is C=C.CCCCCCCCC(C(=O)O)[Si](OCC)(OCC)OCC. The number of carbonyl (C=O) groups is 1. The van der Waals surface area contributed by atoms with Crippen molar-refractivity contribution in [2.45, 2.75) is 78.2 Å². The Kier molecular flexibility index (Phi) is 18.2. The maximum absolute atomic E-state index is 11.7. The van der Waals surface area contributed by atoms with Gasteiger partial charge in [-0.2, -0.15) is 0 Å². The highest BCUT2D eigenvalue weighted by Crippen LogP contribution is 2.31. The summed E-state index contributed by atoms with van der Waals surface area (Å²) in [6, 6.07) is 0. The molecule has 5 nitrogen and oxygen atoms in total. The van der Waals surface area contributed by atoms with E-state index in [2.05, 4.69) is 20.1 Å². The highest BCUT2D eigenvalue weighted by atomic mass is 28.4. The van der Waals surface area contributed by atoms with E-state index in [1.807, 2.05) is 20.8 Å². The Bertz CT molecular complexity index is 282. The fourth-order valence-electron chi connectivity index (χ4n) is 2.61. The molecular weight excluding hydrogens is 324 g/mol. The lowest BCUT2D eigenvalue weighted by molar-refractivity contribution is -0.139. The molecule has 0 rings (SSSR count). The standard InChI is InChI=1S/C16H34O5Si.C2H4/c1-5-9-10-11-12-13-14-15(16(17)18)22(19-6-2,20-7-3)21-8-4;1-2/h15H,5-14H2,1-4H3,(H,17,18);1-2H2. The van der Waals surface area contributed by atoms with E-state index < -0.39 is 20.3 Å². The van der Waals surface area contributed by atoms with E-state index in [0.717, 1.165) is 19.3 Å². The monoisotopic (exact) mass is 362 g/mol. The Hall–Kier alpha value is -0.693. The maximum Gasteiger partial charge on any atom is 0.515 e. The third kappa shape index (κ3) is 10.2. The summed E-state index contributed by atoms with van der Waals surface area (Å²) < 4.78 is 17.2. The van der Waals surface area contributed by atoms with Gasteiger partial charge in [-0.05, 0) is 27.2 Å².